The number of hydrogen-bond acceptors (Lipinski definition) is 3. The number of likely N-dealkylation sites (tertiary alicyclic amines) is 1. The van der Waals surface area contributed by atoms with Gasteiger partial charge in [0, 0.05) is 35.2 Å². The average molecular weight is 498 g/mol. The van der Waals surface area contributed by atoms with Gasteiger partial charge in [0.2, 0.25) is 5.91 Å². The van der Waals surface area contributed by atoms with Crippen molar-refractivity contribution in [1.82, 2.24) is 15.5 Å². The molecule has 0 unspecified atom stereocenters. The van der Waals surface area contributed by atoms with Gasteiger partial charge in [0.15, 0.2) is 0 Å². The zero-order valence-electron chi connectivity index (χ0n) is 18.1. The van der Waals surface area contributed by atoms with Crippen LogP contribution in [0.3, 0.4) is 0 Å². The summed E-state index contributed by atoms with van der Waals surface area (Å²) in [6.07, 6.45) is 2.86. The van der Waals surface area contributed by atoms with Crippen molar-refractivity contribution in [1.29, 1.82) is 0 Å². The van der Waals surface area contributed by atoms with Crippen LogP contribution in [0.1, 0.15) is 39.1 Å². The summed E-state index contributed by atoms with van der Waals surface area (Å²) in [7, 11) is 0. The van der Waals surface area contributed by atoms with E-state index in [0.29, 0.717) is 43.6 Å². The molecular formula is C25H28BrN3O3. The lowest BCUT2D eigenvalue weighted by molar-refractivity contribution is -0.124. The molecule has 1 fully saturated rings. The molecule has 0 spiro atoms. The second-order valence-corrected chi connectivity index (χ2v) is 8.91. The fourth-order valence-corrected chi connectivity index (χ4v) is 4.33. The van der Waals surface area contributed by atoms with Crippen LogP contribution in [-0.4, -0.2) is 48.3 Å². The monoisotopic (exact) mass is 497 g/mol. The van der Waals surface area contributed by atoms with Crippen molar-refractivity contribution in [2.24, 2.45) is 5.92 Å². The molecule has 6 nitrogen and oxygen atoms in total. The highest BCUT2D eigenvalue weighted by Gasteiger charge is 2.34. The van der Waals surface area contributed by atoms with Crippen molar-refractivity contribution in [2.75, 3.05) is 19.6 Å². The predicted molar refractivity (Wildman–Crippen MR) is 128 cm³/mol. The number of benzene rings is 2. The number of nitrogens with one attached hydrogen (secondary N) is 2. The first kappa shape index (κ1) is 23.7. The molecule has 7 heteroatoms. The molecule has 0 saturated carbocycles. The van der Waals surface area contributed by atoms with Crippen LogP contribution in [0.2, 0.25) is 0 Å². The highest BCUT2D eigenvalue weighted by molar-refractivity contribution is 9.10. The minimum atomic E-state index is -0.675. The molecule has 1 atom stereocenters. The van der Waals surface area contributed by atoms with E-state index < -0.39 is 6.04 Å². The molecule has 2 aromatic rings. The standard InChI is InChI=1S/C25H28BrN3O3/c1-3-12-27-24(31)22(28-23(30)19-7-4-6-17(2)15-19)18-10-13-29(14-11-18)25(32)20-8-5-9-21(26)16-20/h3-9,15-16,18,22H,1,10-14H2,2H3,(H,27,31)(H,28,30)/t22-/m1/s1. The number of halogens is 1. The molecule has 1 saturated heterocycles. The van der Waals surface area contributed by atoms with Gasteiger partial charge in [-0.1, -0.05) is 45.8 Å². The van der Waals surface area contributed by atoms with E-state index >= 15 is 0 Å². The highest BCUT2D eigenvalue weighted by atomic mass is 79.9. The summed E-state index contributed by atoms with van der Waals surface area (Å²) in [6, 6.07) is 13.9. The van der Waals surface area contributed by atoms with Gasteiger partial charge in [-0.05, 0) is 56.0 Å². The molecule has 0 aliphatic carbocycles. The van der Waals surface area contributed by atoms with Crippen molar-refractivity contribution < 1.29 is 14.4 Å². The maximum atomic E-state index is 12.9. The maximum Gasteiger partial charge on any atom is 0.253 e. The van der Waals surface area contributed by atoms with Crippen LogP contribution in [0.4, 0.5) is 0 Å². The lowest BCUT2D eigenvalue weighted by Crippen LogP contribution is -2.53. The third-order valence-corrected chi connectivity index (χ3v) is 6.13. The number of rotatable bonds is 7. The minimum Gasteiger partial charge on any atom is -0.351 e. The molecule has 2 N–H and O–H groups in total. The quantitative estimate of drug-likeness (QED) is 0.572. The predicted octanol–water partition coefficient (Wildman–Crippen LogP) is 3.71. The second kappa shape index (κ2) is 11.1. The van der Waals surface area contributed by atoms with Gasteiger partial charge < -0.3 is 15.5 Å². The third-order valence-electron chi connectivity index (χ3n) is 5.64. The number of carbonyl (C=O) groups is 3. The Bertz CT molecular complexity index is 999. The number of nitrogens with zero attached hydrogens (tertiary/aromatic N) is 1. The van der Waals surface area contributed by atoms with Crippen LogP contribution < -0.4 is 10.6 Å². The first-order chi connectivity index (χ1) is 15.4. The van der Waals surface area contributed by atoms with E-state index in [9.17, 15) is 14.4 Å². The van der Waals surface area contributed by atoms with E-state index in [1.54, 1.807) is 29.2 Å². The van der Waals surface area contributed by atoms with Crippen LogP contribution in [0.5, 0.6) is 0 Å². The molecule has 1 heterocycles. The molecule has 0 bridgehead atoms. The van der Waals surface area contributed by atoms with Gasteiger partial charge in [-0.25, -0.2) is 0 Å². The van der Waals surface area contributed by atoms with E-state index in [-0.39, 0.29) is 23.6 Å². The van der Waals surface area contributed by atoms with Gasteiger partial charge in [-0.15, -0.1) is 6.58 Å². The maximum absolute atomic E-state index is 12.9. The number of aryl methyl sites for hydroxylation is 1. The van der Waals surface area contributed by atoms with E-state index in [1.807, 2.05) is 37.3 Å². The SMILES string of the molecule is C=CCNC(=O)[C@H](NC(=O)c1cccc(C)c1)C1CCN(C(=O)c2cccc(Br)c2)CC1. The Morgan fingerprint density at radius 2 is 1.81 bits per heavy atom. The molecule has 3 amide bonds. The molecule has 168 valence electrons. The van der Waals surface area contributed by atoms with Crippen LogP contribution in [-0.2, 0) is 4.79 Å². The van der Waals surface area contributed by atoms with Crippen LogP contribution in [0.25, 0.3) is 0 Å². The molecule has 1 aliphatic rings. The van der Waals surface area contributed by atoms with Crippen molar-refractivity contribution in [3.63, 3.8) is 0 Å². The Morgan fingerprint density at radius 1 is 1.12 bits per heavy atom. The normalized spacial score (nSPS) is 15.0. The molecule has 0 radical (unpaired) electrons. The summed E-state index contributed by atoms with van der Waals surface area (Å²) >= 11 is 3.40. The Labute approximate surface area is 197 Å². The summed E-state index contributed by atoms with van der Waals surface area (Å²) in [6.45, 7) is 6.95. The Kier molecular flexibility index (Phi) is 8.22. The van der Waals surface area contributed by atoms with Crippen LogP contribution >= 0.6 is 15.9 Å². The van der Waals surface area contributed by atoms with Gasteiger partial charge in [0.1, 0.15) is 6.04 Å². The van der Waals surface area contributed by atoms with Crippen LogP contribution in [0, 0.1) is 12.8 Å². The summed E-state index contributed by atoms with van der Waals surface area (Å²) in [5, 5.41) is 5.73. The lowest BCUT2D eigenvalue weighted by Gasteiger charge is -2.36. The smallest absolute Gasteiger partial charge is 0.253 e. The van der Waals surface area contributed by atoms with Crippen molar-refractivity contribution in [2.45, 2.75) is 25.8 Å². The minimum absolute atomic E-state index is 0.0267. The molecule has 1 aliphatic heterocycles. The Hall–Kier alpha value is -2.93. The summed E-state index contributed by atoms with van der Waals surface area (Å²) in [4.78, 5) is 40.3. The summed E-state index contributed by atoms with van der Waals surface area (Å²) in [5.41, 5.74) is 2.13. The first-order valence-electron chi connectivity index (χ1n) is 10.7. The van der Waals surface area contributed by atoms with Gasteiger partial charge in [-0.2, -0.15) is 0 Å². The van der Waals surface area contributed by atoms with Gasteiger partial charge in [-0.3, -0.25) is 14.4 Å². The number of piperidine rings is 1. The summed E-state index contributed by atoms with van der Waals surface area (Å²) < 4.78 is 0.857. The average Bonchev–Trinajstić information content (AvgIpc) is 2.80. The number of carbonyl (C=O) groups excluding carboxylic acids is 3. The van der Waals surface area contributed by atoms with Gasteiger partial charge in [0.25, 0.3) is 11.8 Å². The van der Waals surface area contributed by atoms with Crippen molar-refractivity contribution in [3.05, 3.63) is 82.3 Å². The molecule has 0 aromatic heterocycles. The zero-order valence-corrected chi connectivity index (χ0v) is 19.7. The number of amides is 3. The zero-order chi connectivity index (χ0) is 23.1. The van der Waals surface area contributed by atoms with Crippen LogP contribution in [0.15, 0.2) is 65.7 Å². The largest absolute Gasteiger partial charge is 0.351 e. The van der Waals surface area contributed by atoms with E-state index in [2.05, 4.69) is 33.1 Å². The van der Waals surface area contributed by atoms with Gasteiger partial charge >= 0.3 is 0 Å². The molecular weight excluding hydrogens is 470 g/mol. The summed E-state index contributed by atoms with van der Waals surface area (Å²) in [5.74, 6) is -0.607. The van der Waals surface area contributed by atoms with Gasteiger partial charge in [0.05, 0.1) is 0 Å². The molecule has 2 aromatic carbocycles. The number of hydrogen-bond donors (Lipinski definition) is 2. The van der Waals surface area contributed by atoms with Crippen molar-refractivity contribution in [3.8, 4) is 0 Å². The fraction of sp³-hybridized carbons (Fsp3) is 0.320. The second-order valence-electron chi connectivity index (χ2n) is 7.99. The molecule has 32 heavy (non-hydrogen) atoms. The van der Waals surface area contributed by atoms with E-state index in [4.69, 9.17) is 0 Å². The Morgan fingerprint density at radius 3 is 2.47 bits per heavy atom. The lowest BCUT2D eigenvalue weighted by atomic mass is 9.88. The fourth-order valence-electron chi connectivity index (χ4n) is 3.93. The third kappa shape index (κ3) is 6.07. The topological polar surface area (TPSA) is 78.5 Å². The van der Waals surface area contributed by atoms with E-state index in [1.165, 1.54) is 0 Å². The van der Waals surface area contributed by atoms with E-state index in [0.717, 1.165) is 10.0 Å². The Balaban J connectivity index is 1.69. The van der Waals surface area contributed by atoms with Crippen molar-refractivity contribution >= 4 is 33.7 Å². The molecule has 3 rings (SSSR count). The first-order valence-corrected chi connectivity index (χ1v) is 11.5. The highest BCUT2D eigenvalue weighted by Crippen LogP contribution is 2.24.